The third-order valence-electron chi connectivity index (χ3n) is 2.69. The maximum Gasteiger partial charge on any atom is 0.490 e. The summed E-state index contributed by atoms with van der Waals surface area (Å²) in [6, 6.07) is 8.26. The minimum atomic E-state index is -1.03. The maximum atomic E-state index is 9.46. The normalized spacial score (nSPS) is 11.4. The Labute approximate surface area is 116 Å². The summed E-state index contributed by atoms with van der Waals surface area (Å²) in [5.41, 5.74) is 0.703. The Morgan fingerprint density at radius 1 is 1.16 bits per heavy atom. The van der Waals surface area contributed by atoms with Gasteiger partial charge in [-0.3, -0.25) is 0 Å². The van der Waals surface area contributed by atoms with Crippen LogP contribution in [0.3, 0.4) is 0 Å². The fraction of sp³-hybridized carbons (Fsp3) is 0.538. The zero-order valence-electron chi connectivity index (χ0n) is 12.2. The molecule has 0 fully saturated rings. The molecule has 0 atom stereocenters. The molecule has 0 amide bonds. The highest BCUT2D eigenvalue weighted by Crippen LogP contribution is 2.10. The predicted octanol–water partition coefficient (Wildman–Crippen LogP) is 1.71. The lowest BCUT2D eigenvalue weighted by Crippen LogP contribution is -2.31. The van der Waals surface area contributed by atoms with E-state index in [0.717, 1.165) is 18.4 Å². The van der Waals surface area contributed by atoms with E-state index >= 15 is 0 Å². The summed E-state index contributed by atoms with van der Waals surface area (Å²) in [5, 5.41) is 9.46. The summed E-state index contributed by atoms with van der Waals surface area (Å²) in [5.74, 6) is 0.722. The van der Waals surface area contributed by atoms with Gasteiger partial charge in [-0.2, -0.15) is 0 Å². The van der Waals surface area contributed by atoms with Gasteiger partial charge < -0.3 is 19.2 Å². The summed E-state index contributed by atoms with van der Waals surface area (Å²) in [4.78, 5) is 0. The van der Waals surface area contributed by atoms with E-state index in [1.54, 1.807) is 24.3 Å². The second kappa shape index (κ2) is 7.69. The van der Waals surface area contributed by atoms with Gasteiger partial charge in [0.15, 0.2) is 6.79 Å². The fourth-order valence-electron chi connectivity index (χ4n) is 1.41. The van der Waals surface area contributed by atoms with Crippen LogP contribution in [-0.4, -0.2) is 40.7 Å². The van der Waals surface area contributed by atoms with Crippen LogP contribution in [0.1, 0.15) is 0 Å². The molecule has 19 heavy (non-hydrogen) atoms. The first-order valence-electron chi connectivity index (χ1n) is 6.44. The first-order valence-corrected chi connectivity index (χ1v) is 10.1. The number of benzene rings is 1. The molecule has 0 aromatic heterocycles. The Hall–Kier alpha value is -0.818. The van der Waals surface area contributed by atoms with Crippen molar-refractivity contribution < 1.29 is 19.2 Å². The highest BCUT2D eigenvalue weighted by atomic mass is 28.3. The van der Waals surface area contributed by atoms with Gasteiger partial charge in [0.05, 0.1) is 0 Å². The van der Waals surface area contributed by atoms with Crippen LogP contribution >= 0.6 is 0 Å². The predicted molar refractivity (Wildman–Crippen MR) is 80.7 cm³/mol. The topological polar surface area (TPSA) is 47.9 Å². The van der Waals surface area contributed by atoms with Gasteiger partial charge in [0.1, 0.15) is 5.75 Å². The summed E-state index contributed by atoms with van der Waals surface area (Å²) in [7, 11) is -0.460. The lowest BCUT2D eigenvalue weighted by molar-refractivity contribution is 0.0220. The van der Waals surface area contributed by atoms with Crippen LogP contribution in [0.15, 0.2) is 24.3 Å². The Kier molecular flexibility index (Phi) is 6.57. The molecular weight excluding hydrogens is 259 g/mol. The van der Waals surface area contributed by atoms with Gasteiger partial charge in [-0.15, -0.1) is 0 Å². The van der Waals surface area contributed by atoms with Gasteiger partial charge in [0, 0.05) is 21.8 Å². The summed E-state index contributed by atoms with van der Waals surface area (Å²) < 4.78 is 15.7. The van der Waals surface area contributed by atoms with Gasteiger partial charge in [-0.05, 0) is 23.6 Å². The van der Waals surface area contributed by atoms with E-state index < -0.39 is 15.2 Å². The molecule has 0 bridgehead atoms. The molecule has 1 aromatic carbocycles. The minimum Gasteiger partial charge on any atom is -0.468 e. The molecule has 0 heterocycles. The van der Waals surface area contributed by atoms with Gasteiger partial charge in [0.25, 0.3) is 0 Å². The quantitative estimate of drug-likeness (QED) is 0.448. The highest BCUT2D eigenvalue weighted by Gasteiger charge is 2.14. The van der Waals surface area contributed by atoms with Crippen molar-refractivity contribution in [1.82, 2.24) is 0 Å². The summed E-state index contributed by atoms with van der Waals surface area (Å²) in [6.45, 7) is 7.96. The van der Waals surface area contributed by atoms with Crippen molar-refractivity contribution in [2.45, 2.75) is 25.7 Å². The average Bonchev–Trinajstić information content (AvgIpc) is 2.37. The van der Waals surface area contributed by atoms with Gasteiger partial charge in [-0.1, -0.05) is 31.8 Å². The van der Waals surface area contributed by atoms with Crippen LogP contribution < -0.4 is 10.2 Å². The monoisotopic (exact) mass is 282 g/mol. The van der Waals surface area contributed by atoms with Crippen molar-refractivity contribution in [3.63, 3.8) is 0 Å². The standard InChI is InChI=1S/C13H23BO4Si/c1-16-14(15)12-5-7-13(8-6-12)18-11-17-9-10-19(2,3)4/h5-8,15H,9-11H2,1-4H3. The second-order valence-corrected chi connectivity index (χ2v) is 11.3. The molecule has 0 aliphatic rings. The summed E-state index contributed by atoms with van der Waals surface area (Å²) in [6.07, 6.45) is 0. The molecule has 0 aliphatic heterocycles. The third kappa shape index (κ3) is 6.77. The van der Waals surface area contributed by atoms with Crippen LogP contribution in [-0.2, 0) is 9.39 Å². The molecule has 106 valence electrons. The van der Waals surface area contributed by atoms with E-state index in [9.17, 15) is 5.02 Å². The van der Waals surface area contributed by atoms with Gasteiger partial charge in [-0.25, -0.2) is 0 Å². The van der Waals surface area contributed by atoms with E-state index in [4.69, 9.17) is 14.1 Å². The number of rotatable bonds is 8. The highest BCUT2D eigenvalue weighted by molar-refractivity contribution is 6.76. The van der Waals surface area contributed by atoms with Crippen molar-refractivity contribution in [3.05, 3.63) is 24.3 Å². The van der Waals surface area contributed by atoms with E-state index in [2.05, 4.69) is 19.6 Å². The lowest BCUT2D eigenvalue weighted by atomic mass is 9.80. The Morgan fingerprint density at radius 2 is 1.79 bits per heavy atom. The SMILES string of the molecule is COB(O)c1ccc(OCOCC[Si](C)(C)C)cc1. The molecule has 0 saturated heterocycles. The van der Waals surface area contributed by atoms with Crippen LogP contribution in [0.25, 0.3) is 0 Å². The zero-order valence-corrected chi connectivity index (χ0v) is 13.2. The molecule has 0 saturated carbocycles. The molecule has 1 aromatic rings. The smallest absolute Gasteiger partial charge is 0.468 e. The molecule has 1 rings (SSSR count). The van der Waals surface area contributed by atoms with E-state index in [-0.39, 0.29) is 6.79 Å². The largest absolute Gasteiger partial charge is 0.490 e. The maximum absolute atomic E-state index is 9.46. The lowest BCUT2D eigenvalue weighted by Gasteiger charge is -2.15. The third-order valence-corrected chi connectivity index (χ3v) is 4.40. The van der Waals surface area contributed by atoms with E-state index in [1.165, 1.54) is 7.11 Å². The Bertz CT molecular complexity index is 364. The molecule has 6 heteroatoms. The van der Waals surface area contributed by atoms with Crippen molar-refractivity contribution >= 4 is 20.7 Å². The molecular formula is C13H23BO4Si. The molecule has 4 nitrogen and oxygen atoms in total. The molecule has 0 spiro atoms. The summed E-state index contributed by atoms with van der Waals surface area (Å²) >= 11 is 0. The van der Waals surface area contributed by atoms with Crippen molar-refractivity contribution in [3.8, 4) is 5.75 Å². The zero-order chi connectivity index (χ0) is 14.3. The minimum absolute atomic E-state index is 0.261. The molecule has 0 aliphatic carbocycles. The first-order chi connectivity index (χ1) is 8.92. The molecule has 1 N–H and O–H groups in total. The van der Waals surface area contributed by atoms with Crippen LogP contribution in [0.4, 0.5) is 0 Å². The Balaban J connectivity index is 2.27. The van der Waals surface area contributed by atoms with E-state index in [1.807, 2.05) is 0 Å². The first kappa shape index (κ1) is 16.2. The van der Waals surface area contributed by atoms with E-state index in [0.29, 0.717) is 5.46 Å². The second-order valence-electron chi connectivity index (χ2n) is 5.64. The number of ether oxygens (including phenoxy) is 2. The van der Waals surface area contributed by atoms with Crippen molar-refractivity contribution in [1.29, 1.82) is 0 Å². The van der Waals surface area contributed by atoms with Crippen molar-refractivity contribution in [2.24, 2.45) is 0 Å². The van der Waals surface area contributed by atoms with Crippen molar-refractivity contribution in [2.75, 3.05) is 20.5 Å². The van der Waals surface area contributed by atoms with Gasteiger partial charge in [0.2, 0.25) is 0 Å². The number of hydrogen-bond acceptors (Lipinski definition) is 4. The van der Waals surface area contributed by atoms with Crippen LogP contribution in [0.5, 0.6) is 5.75 Å². The fourth-order valence-corrected chi connectivity index (χ4v) is 2.17. The van der Waals surface area contributed by atoms with Crippen LogP contribution in [0, 0.1) is 0 Å². The average molecular weight is 282 g/mol. The Morgan fingerprint density at radius 3 is 2.32 bits per heavy atom. The van der Waals surface area contributed by atoms with Crippen LogP contribution in [0.2, 0.25) is 25.7 Å². The number of hydrogen-bond donors (Lipinski definition) is 1. The molecule has 0 unspecified atom stereocenters. The molecule has 0 radical (unpaired) electrons. The van der Waals surface area contributed by atoms with Gasteiger partial charge >= 0.3 is 7.12 Å².